The molecule has 15 heavy (non-hydrogen) atoms. The lowest BCUT2D eigenvalue weighted by atomic mass is 9.88. The fraction of sp³-hybridized carbons (Fsp3) is 0.857. The second-order valence-corrected chi connectivity index (χ2v) is 5.37. The summed E-state index contributed by atoms with van der Waals surface area (Å²) >= 11 is 0. The van der Waals surface area contributed by atoms with Crippen LogP contribution in [0.3, 0.4) is 0 Å². The van der Waals surface area contributed by atoms with Gasteiger partial charge in [0.1, 0.15) is 0 Å². The molecule has 0 aromatic heterocycles. The summed E-state index contributed by atoms with van der Waals surface area (Å²) in [7, 11) is 1.81. The van der Waals surface area contributed by atoms with Crippen LogP contribution in [0.5, 0.6) is 0 Å². The predicted octanol–water partition coefficient (Wildman–Crippen LogP) is 3.79. The van der Waals surface area contributed by atoms with Crippen molar-refractivity contribution < 1.29 is 4.74 Å². The van der Waals surface area contributed by atoms with E-state index in [-0.39, 0.29) is 0 Å². The number of rotatable bonds is 6. The van der Waals surface area contributed by atoms with Gasteiger partial charge >= 0.3 is 0 Å². The second-order valence-electron chi connectivity index (χ2n) is 5.37. The molecule has 1 heteroatoms. The van der Waals surface area contributed by atoms with E-state index >= 15 is 0 Å². The highest BCUT2D eigenvalue weighted by Gasteiger charge is 2.34. The maximum absolute atomic E-state index is 5.26. The van der Waals surface area contributed by atoms with Crippen LogP contribution in [0.15, 0.2) is 12.2 Å². The van der Waals surface area contributed by atoms with Crippen LogP contribution in [0.25, 0.3) is 0 Å². The first-order chi connectivity index (χ1) is 7.29. The van der Waals surface area contributed by atoms with Crippen LogP contribution < -0.4 is 0 Å². The first-order valence-corrected chi connectivity index (χ1v) is 6.50. The highest BCUT2D eigenvalue weighted by molar-refractivity contribution is 5.09. The smallest absolute Gasteiger partial charge is 0.0543 e. The van der Waals surface area contributed by atoms with Gasteiger partial charge < -0.3 is 4.74 Å². The van der Waals surface area contributed by atoms with Gasteiger partial charge in [-0.3, -0.25) is 0 Å². The van der Waals surface area contributed by atoms with Crippen LogP contribution >= 0.6 is 0 Å². The molecule has 0 spiro atoms. The van der Waals surface area contributed by atoms with E-state index in [1.165, 1.54) is 38.5 Å². The zero-order valence-corrected chi connectivity index (χ0v) is 10.1. The number of allylic oxidation sites excluding steroid dienone is 2. The van der Waals surface area contributed by atoms with Crippen molar-refractivity contribution in [3.63, 3.8) is 0 Å². The third-order valence-electron chi connectivity index (χ3n) is 4.25. The molecule has 1 saturated carbocycles. The third kappa shape index (κ3) is 2.84. The molecule has 0 N–H and O–H groups in total. The summed E-state index contributed by atoms with van der Waals surface area (Å²) in [4.78, 5) is 0. The van der Waals surface area contributed by atoms with Crippen LogP contribution in [0.4, 0.5) is 0 Å². The quantitative estimate of drug-likeness (QED) is 0.476. The SMILES string of the molecule is COC(C)CCCCC1CC2C=CC1C2. The summed E-state index contributed by atoms with van der Waals surface area (Å²) in [5.74, 6) is 2.89. The fourth-order valence-corrected chi connectivity index (χ4v) is 3.18. The summed E-state index contributed by atoms with van der Waals surface area (Å²) < 4.78 is 5.26. The maximum Gasteiger partial charge on any atom is 0.0543 e. The van der Waals surface area contributed by atoms with E-state index < -0.39 is 0 Å². The third-order valence-corrected chi connectivity index (χ3v) is 4.25. The Hall–Kier alpha value is -0.300. The molecule has 86 valence electrons. The van der Waals surface area contributed by atoms with E-state index in [1.807, 2.05) is 7.11 Å². The summed E-state index contributed by atoms with van der Waals surface area (Å²) in [6, 6.07) is 0. The van der Waals surface area contributed by atoms with Crippen molar-refractivity contribution in [2.75, 3.05) is 7.11 Å². The lowest BCUT2D eigenvalue weighted by Crippen LogP contribution is -2.08. The molecular weight excluding hydrogens is 184 g/mol. The van der Waals surface area contributed by atoms with Crippen LogP contribution in [-0.2, 0) is 4.74 Å². The summed E-state index contributed by atoms with van der Waals surface area (Å²) in [5, 5.41) is 0. The standard InChI is InChI=1S/C14H24O/c1-11(15-2)5-3-4-6-13-9-12-7-8-14(13)10-12/h7-8,11-14H,3-6,9-10H2,1-2H3. The van der Waals surface area contributed by atoms with Crippen molar-refractivity contribution in [3.8, 4) is 0 Å². The van der Waals surface area contributed by atoms with Crippen molar-refractivity contribution in [2.24, 2.45) is 17.8 Å². The van der Waals surface area contributed by atoms with Crippen molar-refractivity contribution in [1.82, 2.24) is 0 Å². The molecule has 2 aliphatic rings. The minimum atomic E-state index is 0.449. The van der Waals surface area contributed by atoms with Crippen molar-refractivity contribution in [3.05, 3.63) is 12.2 Å². The average molecular weight is 208 g/mol. The normalized spacial score (nSPS) is 34.9. The lowest BCUT2D eigenvalue weighted by Gasteiger charge is -2.18. The van der Waals surface area contributed by atoms with Gasteiger partial charge in [-0.15, -0.1) is 0 Å². The van der Waals surface area contributed by atoms with Gasteiger partial charge in [-0.25, -0.2) is 0 Å². The number of hydrogen-bond donors (Lipinski definition) is 0. The van der Waals surface area contributed by atoms with E-state index in [0.717, 1.165) is 17.8 Å². The van der Waals surface area contributed by atoms with Gasteiger partial charge in [0, 0.05) is 7.11 Å². The highest BCUT2D eigenvalue weighted by Crippen LogP contribution is 2.45. The average Bonchev–Trinajstić information content (AvgIpc) is 2.85. The Morgan fingerprint density at radius 2 is 2.13 bits per heavy atom. The number of ether oxygens (including phenoxy) is 1. The van der Waals surface area contributed by atoms with E-state index in [1.54, 1.807) is 0 Å². The topological polar surface area (TPSA) is 9.23 Å². The molecular formula is C14H24O. The minimum Gasteiger partial charge on any atom is -0.382 e. The van der Waals surface area contributed by atoms with Gasteiger partial charge in [0.2, 0.25) is 0 Å². The summed E-state index contributed by atoms with van der Waals surface area (Å²) in [5.41, 5.74) is 0. The molecule has 0 heterocycles. The molecule has 0 aromatic carbocycles. The van der Waals surface area contributed by atoms with Gasteiger partial charge in [-0.2, -0.15) is 0 Å². The van der Waals surface area contributed by atoms with Crippen molar-refractivity contribution in [2.45, 2.75) is 51.6 Å². The zero-order valence-electron chi connectivity index (χ0n) is 10.1. The molecule has 0 saturated heterocycles. The van der Waals surface area contributed by atoms with Crippen LogP contribution in [0.1, 0.15) is 45.4 Å². The molecule has 1 nitrogen and oxygen atoms in total. The Morgan fingerprint density at radius 1 is 1.27 bits per heavy atom. The predicted molar refractivity (Wildman–Crippen MR) is 63.8 cm³/mol. The fourth-order valence-electron chi connectivity index (χ4n) is 3.18. The second kappa shape index (κ2) is 5.16. The molecule has 2 rings (SSSR count). The number of methoxy groups -OCH3 is 1. The van der Waals surface area contributed by atoms with Crippen LogP contribution in [-0.4, -0.2) is 13.2 Å². The van der Waals surface area contributed by atoms with E-state index in [4.69, 9.17) is 4.74 Å². The van der Waals surface area contributed by atoms with Crippen LogP contribution in [0.2, 0.25) is 0 Å². The molecule has 1 fully saturated rings. The largest absolute Gasteiger partial charge is 0.382 e. The van der Waals surface area contributed by atoms with E-state index in [9.17, 15) is 0 Å². The van der Waals surface area contributed by atoms with Gasteiger partial charge in [0.15, 0.2) is 0 Å². The Morgan fingerprint density at radius 3 is 2.73 bits per heavy atom. The van der Waals surface area contributed by atoms with Crippen molar-refractivity contribution >= 4 is 0 Å². The molecule has 4 unspecified atom stereocenters. The van der Waals surface area contributed by atoms with E-state index in [2.05, 4.69) is 19.1 Å². The Bertz CT molecular complexity index is 221. The lowest BCUT2D eigenvalue weighted by molar-refractivity contribution is 0.108. The van der Waals surface area contributed by atoms with Gasteiger partial charge in [-0.1, -0.05) is 25.0 Å². The molecule has 0 amide bonds. The number of unbranched alkanes of at least 4 members (excludes halogenated alkanes) is 1. The number of fused-ring (bicyclic) bond motifs is 2. The summed E-state index contributed by atoms with van der Waals surface area (Å²) in [6.45, 7) is 2.17. The Labute approximate surface area is 93.9 Å². The molecule has 4 atom stereocenters. The number of hydrogen-bond acceptors (Lipinski definition) is 1. The van der Waals surface area contributed by atoms with Crippen LogP contribution in [0, 0.1) is 17.8 Å². The molecule has 2 aliphatic carbocycles. The first-order valence-electron chi connectivity index (χ1n) is 6.50. The minimum absolute atomic E-state index is 0.449. The van der Waals surface area contributed by atoms with Gasteiger partial charge in [0.25, 0.3) is 0 Å². The Balaban J connectivity index is 1.57. The zero-order chi connectivity index (χ0) is 10.7. The van der Waals surface area contributed by atoms with E-state index in [0.29, 0.717) is 6.10 Å². The highest BCUT2D eigenvalue weighted by atomic mass is 16.5. The maximum atomic E-state index is 5.26. The molecule has 2 bridgehead atoms. The van der Waals surface area contributed by atoms with Gasteiger partial charge in [0.05, 0.1) is 6.10 Å². The molecule has 0 aromatic rings. The monoisotopic (exact) mass is 208 g/mol. The molecule has 0 aliphatic heterocycles. The Kier molecular flexibility index (Phi) is 3.85. The van der Waals surface area contributed by atoms with Crippen molar-refractivity contribution in [1.29, 1.82) is 0 Å². The summed E-state index contributed by atoms with van der Waals surface area (Å²) in [6.07, 6.45) is 13.7. The molecule has 0 radical (unpaired) electrons. The first kappa shape index (κ1) is 11.2. The van der Waals surface area contributed by atoms with Gasteiger partial charge in [-0.05, 0) is 50.4 Å².